The minimum absolute atomic E-state index is 0.0246. The van der Waals surface area contributed by atoms with Gasteiger partial charge in [0.25, 0.3) is 0 Å². The van der Waals surface area contributed by atoms with Gasteiger partial charge in [0.15, 0.2) is 6.61 Å². The molecule has 1 aromatic carbocycles. The zero-order chi connectivity index (χ0) is 14.8. The van der Waals surface area contributed by atoms with Crippen molar-refractivity contribution in [1.29, 1.82) is 0 Å². The van der Waals surface area contributed by atoms with Crippen LogP contribution in [0.2, 0.25) is 0 Å². The molecule has 1 amide bonds. The number of benzene rings is 1. The van der Waals surface area contributed by atoms with E-state index in [1.54, 1.807) is 24.3 Å². The SMILES string of the molecule is CNCCCC(=O)Nc1ccc(OCC(=O)OC)cc1. The third-order valence-corrected chi connectivity index (χ3v) is 2.55. The van der Waals surface area contributed by atoms with Crippen LogP contribution in [-0.2, 0) is 14.3 Å². The molecule has 0 unspecified atom stereocenters. The average Bonchev–Trinajstić information content (AvgIpc) is 2.46. The lowest BCUT2D eigenvalue weighted by molar-refractivity contribution is -0.142. The summed E-state index contributed by atoms with van der Waals surface area (Å²) in [6, 6.07) is 6.82. The zero-order valence-electron chi connectivity index (χ0n) is 11.8. The van der Waals surface area contributed by atoms with Gasteiger partial charge in [-0.15, -0.1) is 0 Å². The molecule has 0 radical (unpaired) electrons. The third kappa shape index (κ3) is 6.19. The van der Waals surface area contributed by atoms with Crippen LogP contribution in [0.15, 0.2) is 24.3 Å². The molecule has 6 heteroatoms. The summed E-state index contributed by atoms with van der Waals surface area (Å²) in [5.41, 5.74) is 0.699. The van der Waals surface area contributed by atoms with Crippen LogP contribution in [0.5, 0.6) is 5.75 Å². The van der Waals surface area contributed by atoms with Gasteiger partial charge in [0.1, 0.15) is 5.75 Å². The number of carbonyl (C=O) groups is 2. The minimum atomic E-state index is -0.438. The smallest absolute Gasteiger partial charge is 0.343 e. The first-order valence-corrected chi connectivity index (χ1v) is 6.40. The quantitative estimate of drug-likeness (QED) is 0.552. The van der Waals surface area contributed by atoms with E-state index >= 15 is 0 Å². The molecule has 0 atom stereocenters. The van der Waals surface area contributed by atoms with Gasteiger partial charge < -0.3 is 20.1 Å². The molecule has 6 nitrogen and oxygen atoms in total. The van der Waals surface area contributed by atoms with Crippen LogP contribution in [0.1, 0.15) is 12.8 Å². The topological polar surface area (TPSA) is 76.7 Å². The fourth-order valence-electron chi connectivity index (χ4n) is 1.48. The van der Waals surface area contributed by atoms with Crippen LogP contribution in [0.4, 0.5) is 5.69 Å². The number of anilines is 1. The van der Waals surface area contributed by atoms with Crippen LogP contribution in [0.25, 0.3) is 0 Å². The number of amides is 1. The van der Waals surface area contributed by atoms with Gasteiger partial charge in [-0.2, -0.15) is 0 Å². The van der Waals surface area contributed by atoms with Crippen molar-refractivity contribution in [2.24, 2.45) is 0 Å². The molecule has 2 N–H and O–H groups in total. The molecule has 0 aliphatic heterocycles. The Balaban J connectivity index is 2.38. The highest BCUT2D eigenvalue weighted by molar-refractivity contribution is 5.90. The number of rotatable bonds is 8. The van der Waals surface area contributed by atoms with Gasteiger partial charge in [0.2, 0.25) is 5.91 Å². The molecular formula is C14H20N2O4. The fourth-order valence-corrected chi connectivity index (χ4v) is 1.48. The van der Waals surface area contributed by atoms with Crippen LogP contribution in [-0.4, -0.2) is 39.2 Å². The van der Waals surface area contributed by atoms with Gasteiger partial charge in [-0.3, -0.25) is 4.79 Å². The lowest BCUT2D eigenvalue weighted by atomic mass is 10.2. The number of hydrogen-bond donors (Lipinski definition) is 2. The Labute approximate surface area is 118 Å². The highest BCUT2D eigenvalue weighted by Crippen LogP contribution is 2.16. The summed E-state index contributed by atoms with van der Waals surface area (Å²) in [5.74, 6) is 0.0824. The van der Waals surface area contributed by atoms with Gasteiger partial charge in [-0.05, 0) is 44.3 Å². The molecule has 110 valence electrons. The van der Waals surface area contributed by atoms with Crippen molar-refractivity contribution in [3.63, 3.8) is 0 Å². The predicted molar refractivity (Wildman–Crippen MR) is 75.7 cm³/mol. The molecule has 1 rings (SSSR count). The molecule has 0 saturated heterocycles. The highest BCUT2D eigenvalue weighted by atomic mass is 16.6. The second-order valence-corrected chi connectivity index (χ2v) is 4.14. The minimum Gasteiger partial charge on any atom is -0.482 e. The Morgan fingerprint density at radius 2 is 1.90 bits per heavy atom. The summed E-state index contributed by atoms with van der Waals surface area (Å²) in [6.45, 7) is 0.681. The number of nitrogens with one attached hydrogen (secondary N) is 2. The van der Waals surface area contributed by atoms with Crippen molar-refractivity contribution in [1.82, 2.24) is 5.32 Å². The maximum atomic E-state index is 11.6. The number of esters is 1. The summed E-state index contributed by atoms with van der Waals surface area (Å²) < 4.78 is 9.67. The summed E-state index contributed by atoms with van der Waals surface area (Å²) in [6.07, 6.45) is 1.27. The Bertz CT molecular complexity index is 431. The van der Waals surface area contributed by atoms with E-state index in [4.69, 9.17) is 4.74 Å². The third-order valence-electron chi connectivity index (χ3n) is 2.55. The number of methoxy groups -OCH3 is 1. The van der Waals surface area contributed by atoms with Crippen molar-refractivity contribution >= 4 is 17.6 Å². The summed E-state index contributed by atoms with van der Waals surface area (Å²) in [5, 5.41) is 5.78. The van der Waals surface area contributed by atoms with E-state index in [-0.39, 0.29) is 12.5 Å². The van der Waals surface area contributed by atoms with Crippen LogP contribution in [0.3, 0.4) is 0 Å². The lowest BCUT2D eigenvalue weighted by Crippen LogP contribution is -2.15. The molecule has 0 aliphatic carbocycles. The molecule has 0 aliphatic rings. The first-order chi connectivity index (χ1) is 9.65. The molecule has 0 heterocycles. The number of ether oxygens (including phenoxy) is 2. The summed E-state index contributed by atoms with van der Waals surface area (Å²) >= 11 is 0. The summed E-state index contributed by atoms with van der Waals surface area (Å²) in [7, 11) is 3.16. The second kappa shape index (κ2) is 8.92. The van der Waals surface area contributed by atoms with E-state index in [9.17, 15) is 9.59 Å². The molecule has 0 bridgehead atoms. The Hall–Kier alpha value is -2.08. The van der Waals surface area contributed by atoms with E-state index in [0.29, 0.717) is 17.9 Å². The molecule has 0 aromatic heterocycles. The van der Waals surface area contributed by atoms with Crippen molar-refractivity contribution in [2.45, 2.75) is 12.8 Å². The van der Waals surface area contributed by atoms with Gasteiger partial charge in [0, 0.05) is 12.1 Å². The first-order valence-electron chi connectivity index (χ1n) is 6.40. The van der Waals surface area contributed by atoms with Crippen LogP contribution >= 0.6 is 0 Å². The highest BCUT2D eigenvalue weighted by Gasteiger charge is 2.04. The average molecular weight is 280 g/mol. The van der Waals surface area contributed by atoms with Gasteiger partial charge >= 0.3 is 5.97 Å². The lowest BCUT2D eigenvalue weighted by Gasteiger charge is -2.07. The first kappa shape index (κ1) is 16.0. The number of carbonyl (C=O) groups excluding carboxylic acids is 2. The van der Waals surface area contributed by atoms with E-state index in [2.05, 4.69) is 15.4 Å². The zero-order valence-corrected chi connectivity index (χ0v) is 11.8. The molecule has 0 saturated carbocycles. The number of hydrogen-bond acceptors (Lipinski definition) is 5. The second-order valence-electron chi connectivity index (χ2n) is 4.14. The van der Waals surface area contributed by atoms with Crippen molar-refractivity contribution in [3.8, 4) is 5.75 Å². The maximum absolute atomic E-state index is 11.6. The Morgan fingerprint density at radius 3 is 2.50 bits per heavy atom. The van der Waals surface area contributed by atoms with Crippen molar-refractivity contribution in [3.05, 3.63) is 24.3 Å². The van der Waals surface area contributed by atoms with E-state index < -0.39 is 5.97 Å². The Morgan fingerprint density at radius 1 is 1.20 bits per heavy atom. The van der Waals surface area contributed by atoms with Crippen molar-refractivity contribution in [2.75, 3.05) is 32.6 Å². The molecular weight excluding hydrogens is 260 g/mol. The fraction of sp³-hybridized carbons (Fsp3) is 0.429. The van der Waals surface area contributed by atoms with E-state index in [1.807, 2.05) is 7.05 Å². The maximum Gasteiger partial charge on any atom is 0.343 e. The molecule has 0 fully saturated rings. The van der Waals surface area contributed by atoms with Gasteiger partial charge in [0.05, 0.1) is 7.11 Å². The largest absolute Gasteiger partial charge is 0.482 e. The van der Waals surface area contributed by atoms with Gasteiger partial charge in [-0.1, -0.05) is 0 Å². The summed E-state index contributed by atoms with van der Waals surface area (Å²) in [4.78, 5) is 22.5. The van der Waals surface area contributed by atoms with E-state index in [0.717, 1.165) is 13.0 Å². The molecule has 20 heavy (non-hydrogen) atoms. The Kier molecular flexibility index (Phi) is 7.13. The van der Waals surface area contributed by atoms with Crippen LogP contribution < -0.4 is 15.4 Å². The normalized spacial score (nSPS) is 9.90. The molecule has 1 aromatic rings. The molecule has 0 spiro atoms. The standard InChI is InChI=1S/C14H20N2O4/c1-15-9-3-4-13(17)16-11-5-7-12(8-6-11)20-10-14(18)19-2/h5-8,15H,3-4,9-10H2,1-2H3,(H,16,17). The van der Waals surface area contributed by atoms with Gasteiger partial charge in [-0.25, -0.2) is 4.79 Å². The van der Waals surface area contributed by atoms with E-state index in [1.165, 1.54) is 7.11 Å². The van der Waals surface area contributed by atoms with Crippen LogP contribution in [0, 0.1) is 0 Å². The predicted octanol–water partition coefficient (Wildman–Crippen LogP) is 1.18. The monoisotopic (exact) mass is 280 g/mol. The van der Waals surface area contributed by atoms with Crippen molar-refractivity contribution < 1.29 is 19.1 Å².